The van der Waals surface area contributed by atoms with Crippen LogP contribution in [0, 0.1) is 0 Å². The Labute approximate surface area is 182 Å². The molecule has 0 saturated heterocycles. The van der Waals surface area contributed by atoms with E-state index in [0.29, 0.717) is 31.7 Å². The van der Waals surface area contributed by atoms with Gasteiger partial charge in [-0.3, -0.25) is 14.5 Å². The van der Waals surface area contributed by atoms with E-state index in [1.807, 2.05) is 49.4 Å². The lowest BCUT2D eigenvalue weighted by Gasteiger charge is -2.28. The maximum absolute atomic E-state index is 13.3. The van der Waals surface area contributed by atoms with E-state index < -0.39 is 12.0 Å². The fourth-order valence-electron chi connectivity index (χ4n) is 3.87. The Kier molecular flexibility index (Phi) is 8.58. The zero-order chi connectivity index (χ0) is 22.1. The zero-order valence-corrected chi connectivity index (χ0v) is 17.8. The number of amides is 1. The highest BCUT2D eigenvalue weighted by Gasteiger charge is 2.32. The van der Waals surface area contributed by atoms with Crippen LogP contribution in [0.5, 0.6) is 0 Å². The number of carboxylic acid groups (broad SMARTS) is 1. The van der Waals surface area contributed by atoms with Crippen LogP contribution in [0.15, 0.2) is 54.6 Å². The Morgan fingerprint density at radius 1 is 1.16 bits per heavy atom. The molecule has 1 heterocycles. The molecule has 2 aromatic carbocycles. The summed E-state index contributed by atoms with van der Waals surface area (Å²) in [4.78, 5) is 36.5. The molecule has 3 rings (SSSR count). The molecule has 0 saturated carbocycles. The van der Waals surface area contributed by atoms with Crippen LogP contribution >= 0.6 is 0 Å². The van der Waals surface area contributed by atoms with Crippen LogP contribution < -0.4 is 10.2 Å². The van der Waals surface area contributed by atoms with Gasteiger partial charge in [0.15, 0.2) is 0 Å². The molecule has 0 aromatic heterocycles. The van der Waals surface area contributed by atoms with Crippen LogP contribution in [-0.2, 0) is 32.2 Å². The first kappa shape index (κ1) is 22.9. The first-order chi connectivity index (χ1) is 15.1. The van der Waals surface area contributed by atoms with Gasteiger partial charge in [-0.2, -0.15) is 0 Å². The average molecular weight is 427 g/mol. The number of nitrogens with zero attached hydrogens (tertiary/aromatic N) is 1. The molecule has 1 aliphatic rings. The van der Waals surface area contributed by atoms with Crippen LogP contribution in [0.25, 0.3) is 0 Å². The molecule has 166 valence electrons. The topological polar surface area (TPSA) is 88.1 Å². The lowest BCUT2D eigenvalue weighted by atomic mass is 10.0. The van der Waals surface area contributed by atoms with Crippen molar-refractivity contribution in [3.8, 4) is 0 Å². The minimum Gasteiger partial charge on any atom is -0.480 e. The van der Waals surface area contributed by atoms with Gasteiger partial charge in [-0.1, -0.05) is 48.5 Å². The number of aliphatic carboxylic acids is 1. The number of fused-ring (bicyclic) bond motifs is 1. The van der Waals surface area contributed by atoms with E-state index in [1.165, 1.54) is 10.5 Å². The van der Waals surface area contributed by atoms with Gasteiger partial charge in [0.1, 0.15) is 6.54 Å². The molecule has 31 heavy (non-hydrogen) atoms. The number of carboxylic acids is 1. The van der Waals surface area contributed by atoms with Gasteiger partial charge in [0.25, 0.3) is 0 Å². The van der Waals surface area contributed by atoms with Crippen molar-refractivity contribution in [2.75, 3.05) is 24.7 Å². The highest BCUT2D eigenvalue weighted by atomic mass is 17.2. The zero-order valence-electron chi connectivity index (χ0n) is 17.8. The second-order valence-corrected chi connectivity index (χ2v) is 7.62. The maximum atomic E-state index is 13.3. The molecular weight excluding hydrogens is 396 g/mol. The van der Waals surface area contributed by atoms with Gasteiger partial charge in [-0.15, -0.1) is 0 Å². The van der Waals surface area contributed by atoms with E-state index >= 15 is 0 Å². The van der Waals surface area contributed by atoms with Crippen molar-refractivity contribution in [2.45, 2.75) is 44.7 Å². The lowest BCUT2D eigenvalue weighted by Crippen LogP contribution is -2.51. The van der Waals surface area contributed by atoms with Gasteiger partial charge in [-0.25, -0.2) is 9.78 Å². The van der Waals surface area contributed by atoms with E-state index in [9.17, 15) is 14.7 Å². The summed E-state index contributed by atoms with van der Waals surface area (Å²) in [7, 11) is 0. The second kappa shape index (κ2) is 11.6. The molecular formula is C24H30N2O5. The van der Waals surface area contributed by atoms with Crippen molar-refractivity contribution in [2.24, 2.45) is 0 Å². The largest absolute Gasteiger partial charge is 0.480 e. The fraction of sp³-hybridized carbons (Fsp3) is 0.417. The summed E-state index contributed by atoms with van der Waals surface area (Å²) in [6.45, 7) is 2.23. The van der Waals surface area contributed by atoms with E-state index in [0.717, 1.165) is 18.4 Å². The minimum atomic E-state index is -1.04. The smallest absolute Gasteiger partial charge is 0.323 e. The molecule has 0 spiro atoms. The third-order valence-corrected chi connectivity index (χ3v) is 5.37. The lowest BCUT2D eigenvalue weighted by molar-refractivity contribution is -0.294. The van der Waals surface area contributed by atoms with Crippen molar-refractivity contribution in [1.29, 1.82) is 0 Å². The number of carbonyl (C=O) groups is 2. The Bertz CT molecular complexity index is 858. The van der Waals surface area contributed by atoms with Crippen molar-refractivity contribution >= 4 is 17.6 Å². The van der Waals surface area contributed by atoms with Gasteiger partial charge >= 0.3 is 5.97 Å². The van der Waals surface area contributed by atoms with Crippen molar-refractivity contribution in [1.82, 2.24) is 5.32 Å². The number of hydrogen-bond acceptors (Lipinski definition) is 5. The highest BCUT2D eigenvalue weighted by Crippen LogP contribution is 2.27. The molecule has 0 aliphatic carbocycles. The first-order valence-electron chi connectivity index (χ1n) is 10.7. The van der Waals surface area contributed by atoms with Gasteiger partial charge in [0.05, 0.1) is 19.3 Å². The average Bonchev–Trinajstić information content (AvgIpc) is 2.90. The normalized spacial score (nSPS) is 17.1. The number of hydrogen-bond donors (Lipinski definition) is 2. The summed E-state index contributed by atoms with van der Waals surface area (Å²) >= 11 is 0. The van der Waals surface area contributed by atoms with Gasteiger partial charge in [-0.05, 0) is 49.8 Å². The van der Waals surface area contributed by atoms with Crippen molar-refractivity contribution < 1.29 is 24.5 Å². The van der Waals surface area contributed by atoms with Gasteiger partial charge in [0, 0.05) is 11.7 Å². The van der Waals surface area contributed by atoms with E-state index in [-0.39, 0.29) is 18.5 Å². The molecule has 1 amide bonds. The Morgan fingerprint density at radius 2 is 1.90 bits per heavy atom. The minimum absolute atomic E-state index is 0.117. The number of anilines is 1. The monoisotopic (exact) mass is 426 g/mol. The summed E-state index contributed by atoms with van der Waals surface area (Å²) in [5, 5.41) is 12.8. The molecule has 2 atom stereocenters. The molecule has 7 heteroatoms. The van der Waals surface area contributed by atoms with E-state index in [4.69, 9.17) is 9.78 Å². The van der Waals surface area contributed by atoms with Crippen LogP contribution in [0.1, 0.15) is 30.9 Å². The summed E-state index contributed by atoms with van der Waals surface area (Å²) < 4.78 is 0. The fourth-order valence-corrected chi connectivity index (χ4v) is 3.87. The van der Waals surface area contributed by atoms with Gasteiger partial charge in [0.2, 0.25) is 5.91 Å². The number of rotatable bonds is 11. The van der Waals surface area contributed by atoms with Crippen molar-refractivity contribution in [3.63, 3.8) is 0 Å². The van der Waals surface area contributed by atoms with Gasteiger partial charge < -0.3 is 10.4 Å². The number of aryl methyl sites for hydroxylation is 2. The molecule has 7 nitrogen and oxygen atoms in total. The third-order valence-electron chi connectivity index (χ3n) is 5.37. The summed E-state index contributed by atoms with van der Waals surface area (Å²) in [5.41, 5.74) is 2.86. The third kappa shape index (κ3) is 6.62. The Morgan fingerprint density at radius 3 is 2.65 bits per heavy atom. The van der Waals surface area contributed by atoms with E-state index in [1.54, 1.807) is 0 Å². The number of benzene rings is 2. The predicted octanol–water partition coefficient (Wildman–Crippen LogP) is 2.98. The summed E-state index contributed by atoms with van der Waals surface area (Å²) in [5.74, 6) is -1.27. The molecule has 1 aliphatic heterocycles. The predicted molar refractivity (Wildman–Crippen MR) is 118 cm³/mol. The number of nitrogens with one attached hydrogen (secondary N) is 1. The van der Waals surface area contributed by atoms with Crippen LogP contribution in [-0.4, -0.2) is 48.8 Å². The van der Waals surface area contributed by atoms with Crippen LogP contribution in [0.4, 0.5) is 5.69 Å². The maximum Gasteiger partial charge on any atom is 0.323 e. The molecule has 0 unspecified atom stereocenters. The standard InChI is InChI=1S/C24H30N2O5/c1-2-30-31-17-20(14-12-18-8-4-3-5-9-18)25-21-15-13-19-10-6-7-11-22(19)26(24(21)29)16-23(27)28/h3-11,20-21,25H,2,12-17H2,1H3,(H,27,28)/t20-,21-/m0/s1. The van der Waals surface area contributed by atoms with Crippen molar-refractivity contribution in [3.05, 3.63) is 65.7 Å². The molecule has 2 N–H and O–H groups in total. The second-order valence-electron chi connectivity index (χ2n) is 7.62. The molecule has 0 fully saturated rings. The Balaban J connectivity index is 1.74. The van der Waals surface area contributed by atoms with Crippen LogP contribution in [0.3, 0.4) is 0 Å². The number of para-hydroxylation sites is 1. The SMILES string of the molecule is CCOOC[C@H](CCc1ccccc1)N[C@H]1CCc2ccccc2N(CC(=O)O)C1=O. The molecule has 2 aromatic rings. The highest BCUT2D eigenvalue weighted by molar-refractivity contribution is 6.01. The van der Waals surface area contributed by atoms with E-state index in [2.05, 4.69) is 17.4 Å². The quantitative estimate of drug-likeness (QED) is 0.326. The Hall–Kier alpha value is -2.74. The molecule has 0 radical (unpaired) electrons. The summed E-state index contributed by atoms with van der Waals surface area (Å²) in [6.07, 6.45) is 2.86. The summed E-state index contributed by atoms with van der Waals surface area (Å²) in [6, 6.07) is 17.0. The van der Waals surface area contributed by atoms with Crippen LogP contribution in [0.2, 0.25) is 0 Å². The first-order valence-corrected chi connectivity index (χ1v) is 10.7. The number of carbonyl (C=O) groups excluding carboxylic acids is 1. The molecule has 0 bridgehead atoms.